The van der Waals surface area contributed by atoms with Crippen molar-refractivity contribution in [3.05, 3.63) is 157 Å². The molecule has 0 fully saturated rings. The first kappa shape index (κ1) is 30.9. The van der Waals surface area contributed by atoms with Crippen LogP contribution in [0, 0.1) is 35.4 Å². The second kappa shape index (κ2) is 15.9. The van der Waals surface area contributed by atoms with Crippen LogP contribution < -0.4 is 0 Å². The van der Waals surface area contributed by atoms with Crippen LogP contribution in [0.25, 0.3) is 33.9 Å². The number of hydrogen-bond acceptors (Lipinski definition) is 4. The summed E-state index contributed by atoms with van der Waals surface area (Å²) in [6, 6.07) is 30.6. The van der Waals surface area contributed by atoms with Crippen molar-refractivity contribution < 1.29 is 37.7 Å². The molecule has 4 heterocycles. The average molecular weight is 729 g/mol. The van der Waals surface area contributed by atoms with E-state index in [1.165, 1.54) is 0 Å². The molecule has 1 radical (unpaired) electrons. The molecule has 4 aromatic heterocycles. The third-order valence-corrected chi connectivity index (χ3v) is 5.15. The molecule has 6 rings (SSSR count). The van der Waals surface area contributed by atoms with Crippen LogP contribution in [0.5, 0.6) is 0 Å². The summed E-state index contributed by atoms with van der Waals surface area (Å²) in [7, 11) is 0. The average Bonchev–Trinajstić information content (AvgIpc) is 3.00. The number of aromatic nitrogens is 4. The van der Waals surface area contributed by atoms with Gasteiger partial charge in [0.1, 0.15) is 0 Å². The smallest absolute Gasteiger partial charge is 0.0886 e. The summed E-state index contributed by atoms with van der Waals surface area (Å²) in [6.07, 6.45) is 6.63. The Kier molecular flexibility index (Phi) is 12.0. The van der Waals surface area contributed by atoms with E-state index in [1.807, 2.05) is 36.4 Å². The summed E-state index contributed by atoms with van der Waals surface area (Å²) in [5, 5.41) is 0. The number of halogens is 4. The molecule has 0 unspecified atom stereocenters. The van der Waals surface area contributed by atoms with Crippen molar-refractivity contribution in [3.8, 4) is 33.9 Å². The third-order valence-electron chi connectivity index (χ3n) is 5.15. The first-order valence-corrected chi connectivity index (χ1v) is 11.9. The van der Waals surface area contributed by atoms with E-state index in [0.717, 1.165) is 35.7 Å². The molecule has 9 heteroatoms. The van der Waals surface area contributed by atoms with Gasteiger partial charge in [-0.2, -0.15) is 0 Å². The maximum Gasteiger partial charge on any atom is 0.0886 e. The Bertz CT molecular complexity index is 1500. The zero-order valence-corrected chi connectivity index (χ0v) is 23.6. The second-order valence-electron chi connectivity index (χ2n) is 7.94. The Labute approximate surface area is 248 Å². The number of benzene rings is 2. The van der Waals surface area contributed by atoms with Gasteiger partial charge >= 0.3 is 0 Å². The topological polar surface area (TPSA) is 51.6 Å². The summed E-state index contributed by atoms with van der Waals surface area (Å²) < 4.78 is 51.6. The predicted molar refractivity (Wildman–Crippen MR) is 144 cm³/mol. The Morgan fingerprint density at radius 1 is 0.439 bits per heavy atom. The summed E-state index contributed by atoms with van der Waals surface area (Å²) >= 11 is 0. The molecule has 41 heavy (non-hydrogen) atoms. The molecule has 207 valence electrons. The first-order valence-electron chi connectivity index (χ1n) is 11.9. The Hall–Kier alpha value is -4.59. The van der Waals surface area contributed by atoms with Crippen LogP contribution in [0.4, 0.5) is 17.6 Å². The van der Waals surface area contributed by atoms with Gasteiger partial charge in [0.25, 0.3) is 0 Å². The largest absolute Gasteiger partial charge is 0.305 e. The van der Waals surface area contributed by atoms with Gasteiger partial charge in [0, 0.05) is 68.2 Å². The molecule has 0 aliphatic carbocycles. The van der Waals surface area contributed by atoms with Gasteiger partial charge in [0.2, 0.25) is 0 Å². The minimum atomic E-state index is -0.649. The fraction of sp³-hybridized carbons (Fsp3) is 0. The van der Waals surface area contributed by atoms with Gasteiger partial charge in [0.15, 0.2) is 0 Å². The van der Waals surface area contributed by atoms with Crippen LogP contribution in [-0.4, -0.2) is 19.9 Å². The summed E-state index contributed by atoms with van der Waals surface area (Å²) in [5.41, 5.74) is 3.10. The van der Waals surface area contributed by atoms with E-state index >= 15 is 0 Å². The first-order chi connectivity index (χ1) is 19.5. The molecule has 0 saturated heterocycles. The normalized spacial score (nSPS) is 9.76. The van der Waals surface area contributed by atoms with Crippen LogP contribution in [0.15, 0.2) is 122 Å². The molecule has 0 amide bonds. The molecule has 4 nitrogen and oxygen atoms in total. The van der Waals surface area contributed by atoms with Gasteiger partial charge in [-0.1, -0.05) is 59.7 Å². The molecule has 2 aromatic carbocycles. The number of hydrogen-bond donors (Lipinski definition) is 0. The van der Waals surface area contributed by atoms with Crippen LogP contribution in [0.1, 0.15) is 0 Å². The Morgan fingerprint density at radius 3 is 1.02 bits per heavy atom. The minimum Gasteiger partial charge on any atom is -0.305 e. The molecule has 0 N–H and O–H groups in total. The zero-order valence-electron chi connectivity index (χ0n) is 21.2. The van der Waals surface area contributed by atoms with Crippen molar-refractivity contribution >= 4 is 0 Å². The summed E-state index contributed by atoms with van der Waals surface area (Å²) in [5.74, 6) is -2.57. The van der Waals surface area contributed by atoms with Crippen LogP contribution in [0.3, 0.4) is 0 Å². The minimum absolute atomic E-state index is 0. The van der Waals surface area contributed by atoms with Gasteiger partial charge < -0.3 is 9.97 Å². The molecule has 0 aliphatic heterocycles. The SMILES string of the molecule is Fc1c[c-]c(-c2ccccn2)c(F)c1.Fc1c[c-]c(-c2ccccn2)c(F)c1.[Ir].c1ccc(-c2ccccn2)nc1. The maximum atomic E-state index is 13.2. The fourth-order valence-corrected chi connectivity index (χ4v) is 3.33. The van der Waals surface area contributed by atoms with Gasteiger partial charge in [-0.15, -0.1) is 24.3 Å². The molecule has 0 spiro atoms. The van der Waals surface area contributed by atoms with Crippen molar-refractivity contribution in [2.45, 2.75) is 0 Å². The summed E-state index contributed by atoms with van der Waals surface area (Å²) in [4.78, 5) is 16.3. The molecular formula is C32H20F4IrN4-2. The van der Waals surface area contributed by atoms with Crippen LogP contribution >= 0.6 is 0 Å². The molecule has 0 atom stereocenters. The maximum absolute atomic E-state index is 13.2. The molecule has 0 aliphatic rings. The van der Waals surface area contributed by atoms with Gasteiger partial charge in [-0.05, 0) is 47.8 Å². The molecule has 0 bridgehead atoms. The van der Waals surface area contributed by atoms with Gasteiger partial charge in [-0.25, -0.2) is 0 Å². The predicted octanol–water partition coefficient (Wildman–Crippen LogP) is 7.80. The van der Waals surface area contributed by atoms with Crippen molar-refractivity contribution in [1.29, 1.82) is 0 Å². The molecule has 0 saturated carbocycles. The second-order valence-corrected chi connectivity index (χ2v) is 7.94. The third kappa shape index (κ3) is 9.24. The van der Waals surface area contributed by atoms with E-state index in [0.29, 0.717) is 11.4 Å². The van der Waals surface area contributed by atoms with E-state index in [4.69, 9.17) is 0 Å². The fourth-order valence-electron chi connectivity index (χ4n) is 3.33. The molecular weight excluding hydrogens is 709 g/mol. The van der Waals surface area contributed by atoms with Crippen molar-refractivity contribution in [2.75, 3.05) is 0 Å². The Balaban J connectivity index is 0.000000168. The number of rotatable bonds is 3. The van der Waals surface area contributed by atoms with Crippen LogP contribution in [-0.2, 0) is 20.1 Å². The van der Waals surface area contributed by atoms with E-state index in [9.17, 15) is 17.6 Å². The quantitative estimate of drug-likeness (QED) is 0.138. The van der Waals surface area contributed by atoms with E-state index < -0.39 is 23.3 Å². The van der Waals surface area contributed by atoms with Crippen molar-refractivity contribution in [1.82, 2.24) is 19.9 Å². The number of nitrogens with zero attached hydrogens (tertiary/aromatic N) is 4. The monoisotopic (exact) mass is 729 g/mol. The van der Waals surface area contributed by atoms with Gasteiger partial charge in [-0.3, -0.25) is 27.5 Å². The van der Waals surface area contributed by atoms with Crippen LogP contribution in [0.2, 0.25) is 0 Å². The van der Waals surface area contributed by atoms with Crippen molar-refractivity contribution in [2.24, 2.45) is 0 Å². The van der Waals surface area contributed by atoms with E-state index in [1.54, 1.807) is 61.2 Å². The standard InChI is InChI=1S/2C11H6F2N.C10H8N2.Ir/c2*12-8-4-5-9(10(13)7-8)11-3-1-2-6-14-11;1-3-7-11-9(5-1)10-6-2-4-8-12-10;/h2*1-4,6-7H;1-8H;/q2*-1;;. The number of pyridine rings is 4. The zero-order chi connectivity index (χ0) is 28.2. The summed E-state index contributed by atoms with van der Waals surface area (Å²) in [6.45, 7) is 0. The Morgan fingerprint density at radius 2 is 0.756 bits per heavy atom. The van der Waals surface area contributed by atoms with E-state index in [2.05, 4.69) is 32.1 Å². The van der Waals surface area contributed by atoms with Crippen molar-refractivity contribution in [3.63, 3.8) is 0 Å². The van der Waals surface area contributed by atoms with Gasteiger partial charge in [0.05, 0.1) is 11.4 Å². The van der Waals surface area contributed by atoms with E-state index in [-0.39, 0.29) is 31.2 Å². The molecule has 6 aromatic rings.